The van der Waals surface area contributed by atoms with Gasteiger partial charge in [-0.25, -0.2) is 13.4 Å². The molecule has 0 saturated carbocycles. The van der Waals surface area contributed by atoms with Crippen molar-refractivity contribution in [2.24, 2.45) is 0 Å². The van der Waals surface area contributed by atoms with Crippen LogP contribution in [0.1, 0.15) is 27.9 Å². The standard InChI is InChI=1S/C16H19N3O3S2/c1-3-24(21,22)12-6-4-11(5-7-12)15(20)18-16-17-13-8-9-19(2)10-14(13)23-16/h4-7H,3,8-10H2,1-2H3,(H,17,18,20). The second kappa shape index (κ2) is 6.62. The number of aromatic nitrogens is 1. The number of hydrogen-bond acceptors (Lipinski definition) is 6. The van der Waals surface area contributed by atoms with Crippen LogP contribution in [0.5, 0.6) is 0 Å². The van der Waals surface area contributed by atoms with Gasteiger partial charge in [0, 0.05) is 30.0 Å². The number of fused-ring (bicyclic) bond motifs is 1. The fraction of sp³-hybridized carbons (Fsp3) is 0.375. The summed E-state index contributed by atoms with van der Waals surface area (Å²) in [6, 6.07) is 5.99. The van der Waals surface area contributed by atoms with Crippen LogP contribution in [0.2, 0.25) is 0 Å². The maximum atomic E-state index is 12.3. The zero-order chi connectivity index (χ0) is 17.3. The van der Waals surface area contributed by atoms with Crippen molar-refractivity contribution in [1.29, 1.82) is 0 Å². The minimum atomic E-state index is -3.25. The van der Waals surface area contributed by atoms with Crippen LogP contribution in [0.15, 0.2) is 29.2 Å². The lowest BCUT2D eigenvalue weighted by Crippen LogP contribution is -2.25. The van der Waals surface area contributed by atoms with Crippen molar-refractivity contribution in [1.82, 2.24) is 9.88 Å². The predicted molar refractivity (Wildman–Crippen MR) is 94.3 cm³/mol. The van der Waals surface area contributed by atoms with E-state index in [9.17, 15) is 13.2 Å². The molecule has 1 aliphatic heterocycles. The third kappa shape index (κ3) is 3.50. The number of rotatable bonds is 4. The Bertz CT molecular complexity index is 857. The van der Waals surface area contributed by atoms with Crippen LogP contribution in [-0.2, 0) is 22.8 Å². The molecule has 0 unspecified atom stereocenters. The number of nitrogens with one attached hydrogen (secondary N) is 1. The maximum Gasteiger partial charge on any atom is 0.257 e. The van der Waals surface area contributed by atoms with E-state index in [1.54, 1.807) is 6.92 Å². The Hall–Kier alpha value is -1.77. The van der Waals surface area contributed by atoms with Gasteiger partial charge in [0.05, 0.1) is 16.3 Å². The third-order valence-corrected chi connectivity index (χ3v) is 6.75. The minimum Gasteiger partial charge on any atom is -0.301 e. The molecule has 0 saturated heterocycles. The first-order valence-electron chi connectivity index (χ1n) is 7.70. The van der Waals surface area contributed by atoms with Gasteiger partial charge in [-0.15, -0.1) is 11.3 Å². The fourth-order valence-corrected chi connectivity index (χ4v) is 4.49. The molecule has 0 atom stereocenters. The van der Waals surface area contributed by atoms with Crippen LogP contribution in [-0.4, -0.2) is 43.6 Å². The summed E-state index contributed by atoms with van der Waals surface area (Å²) in [6.45, 7) is 3.42. The molecule has 0 spiro atoms. The van der Waals surface area contributed by atoms with E-state index in [0.717, 1.165) is 25.2 Å². The Balaban J connectivity index is 1.74. The molecule has 24 heavy (non-hydrogen) atoms. The molecule has 0 aliphatic carbocycles. The molecule has 3 rings (SSSR count). The summed E-state index contributed by atoms with van der Waals surface area (Å²) in [5.74, 6) is -0.243. The van der Waals surface area contributed by atoms with E-state index in [0.29, 0.717) is 10.7 Å². The van der Waals surface area contributed by atoms with E-state index in [2.05, 4.69) is 22.2 Å². The van der Waals surface area contributed by atoms with Gasteiger partial charge >= 0.3 is 0 Å². The molecule has 2 aromatic rings. The molecule has 1 N–H and O–H groups in total. The zero-order valence-corrected chi connectivity index (χ0v) is 15.2. The quantitative estimate of drug-likeness (QED) is 0.898. The van der Waals surface area contributed by atoms with Gasteiger partial charge in [-0.2, -0.15) is 0 Å². The van der Waals surface area contributed by atoms with Gasteiger partial charge in [0.2, 0.25) is 0 Å². The van der Waals surface area contributed by atoms with Crippen LogP contribution in [0, 0.1) is 0 Å². The molecular formula is C16H19N3O3S2. The van der Waals surface area contributed by atoms with Gasteiger partial charge in [0.1, 0.15) is 0 Å². The van der Waals surface area contributed by atoms with Crippen molar-refractivity contribution in [2.45, 2.75) is 24.8 Å². The second-order valence-corrected chi connectivity index (χ2v) is 9.12. The highest BCUT2D eigenvalue weighted by Crippen LogP contribution is 2.28. The Morgan fingerprint density at radius 2 is 2.04 bits per heavy atom. The second-order valence-electron chi connectivity index (χ2n) is 5.76. The number of carbonyl (C=O) groups is 1. The largest absolute Gasteiger partial charge is 0.301 e. The van der Waals surface area contributed by atoms with E-state index in [4.69, 9.17) is 0 Å². The van der Waals surface area contributed by atoms with Gasteiger partial charge in [-0.1, -0.05) is 6.92 Å². The van der Waals surface area contributed by atoms with E-state index >= 15 is 0 Å². The summed E-state index contributed by atoms with van der Waals surface area (Å²) in [7, 11) is -1.19. The van der Waals surface area contributed by atoms with Crippen LogP contribution >= 0.6 is 11.3 Å². The lowest BCUT2D eigenvalue weighted by atomic mass is 10.2. The first kappa shape index (κ1) is 17.1. The number of nitrogens with zero attached hydrogens (tertiary/aromatic N) is 2. The Kier molecular flexibility index (Phi) is 4.71. The topological polar surface area (TPSA) is 79.4 Å². The van der Waals surface area contributed by atoms with Gasteiger partial charge < -0.3 is 4.90 Å². The van der Waals surface area contributed by atoms with Gasteiger partial charge in [-0.3, -0.25) is 10.1 Å². The fourth-order valence-electron chi connectivity index (χ4n) is 2.53. The van der Waals surface area contributed by atoms with Crippen LogP contribution in [0.3, 0.4) is 0 Å². The van der Waals surface area contributed by atoms with Crippen molar-refractivity contribution in [2.75, 3.05) is 24.7 Å². The Morgan fingerprint density at radius 1 is 1.33 bits per heavy atom. The molecule has 6 nitrogen and oxygen atoms in total. The lowest BCUT2D eigenvalue weighted by molar-refractivity contribution is 0.102. The maximum absolute atomic E-state index is 12.3. The van der Waals surface area contributed by atoms with E-state index in [-0.39, 0.29) is 16.6 Å². The molecule has 128 valence electrons. The average molecular weight is 365 g/mol. The van der Waals surface area contributed by atoms with Crippen LogP contribution in [0.4, 0.5) is 5.13 Å². The normalized spacial score (nSPS) is 15.1. The first-order chi connectivity index (χ1) is 11.4. The molecule has 1 amide bonds. The van der Waals surface area contributed by atoms with E-state index in [1.165, 1.54) is 40.5 Å². The number of sulfone groups is 1. The highest BCUT2D eigenvalue weighted by Gasteiger charge is 2.19. The van der Waals surface area contributed by atoms with Gasteiger partial charge in [0.25, 0.3) is 5.91 Å². The summed E-state index contributed by atoms with van der Waals surface area (Å²) in [4.78, 5) is 20.4. The van der Waals surface area contributed by atoms with Crippen molar-refractivity contribution < 1.29 is 13.2 Å². The highest BCUT2D eigenvalue weighted by molar-refractivity contribution is 7.91. The van der Waals surface area contributed by atoms with Crippen molar-refractivity contribution in [3.05, 3.63) is 40.4 Å². The monoisotopic (exact) mass is 365 g/mol. The predicted octanol–water partition coefficient (Wildman–Crippen LogP) is 2.18. The summed E-state index contributed by atoms with van der Waals surface area (Å²) in [5, 5.41) is 3.39. The summed E-state index contributed by atoms with van der Waals surface area (Å²) in [6.07, 6.45) is 0.891. The molecule has 0 fully saturated rings. The van der Waals surface area contributed by atoms with E-state index < -0.39 is 9.84 Å². The molecule has 0 radical (unpaired) electrons. The van der Waals surface area contributed by atoms with Crippen molar-refractivity contribution >= 4 is 32.2 Å². The SMILES string of the molecule is CCS(=O)(=O)c1ccc(C(=O)Nc2nc3c(s2)CN(C)CC3)cc1. The lowest BCUT2D eigenvalue weighted by Gasteiger charge is -2.20. The molecule has 0 bridgehead atoms. The molecule has 1 aliphatic rings. The number of anilines is 1. The van der Waals surface area contributed by atoms with Gasteiger partial charge in [-0.05, 0) is 31.3 Å². The molecular weight excluding hydrogens is 346 g/mol. The van der Waals surface area contributed by atoms with Crippen molar-refractivity contribution in [3.63, 3.8) is 0 Å². The molecule has 1 aromatic heterocycles. The molecule has 2 heterocycles. The highest BCUT2D eigenvalue weighted by atomic mass is 32.2. The van der Waals surface area contributed by atoms with E-state index in [1.807, 2.05) is 0 Å². The minimum absolute atomic E-state index is 0.0393. The van der Waals surface area contributed by atoms with Crippen LogP contribution in [0.25, 0.3) is 0 Å². The molecule has 1 aromatic carbocycles. The number of likely N-dealkylation sites (N-methyl/N-ethyl adjacent to an activating group) is 1. The van der Waals surface area contributed by atoms with Crippen molar-refractivity contribution in [3.8, 4) is 0 Å². The molecule has 8 heteroatoms. The number of carbonyl (C=O) groups excluding carboxylic acids is 1. The summed E-state index contributed by atoms with van der Waals surface area (Å²) < 4.78 is 23.6. The average Bonchev–Trinajstić information content (AvgIpc) is 2.96. The van der Waals surface area contributed by atoms with Crippen LogP contribution < -0.4 is 5.32 Å². The third-order valence-electron chi connectivity index (χ3n) is 4.00. The van der Waals surface area contributed by atoms with Gasteiger partial charge in [0.15, 0.2) is 15.0 Å². The Labute approximate surface area is 145 Å². The Morgan fingerprint density at radius 3 is 2.71 bits per heavy atom. The smallest absolute Gasteiger partial charge is 0.257 e. The number of thiazole rings is 1. The number of amides is 1. The summed E-state index contributed by atoms with van der Waals surface area (Å²) >= 11 is 1.49. The number of benzene rings is 1. The zero-order valence-electron chi connectivity index (χ0n) is 13.6. The summed E-state index contributed by atoms with van der Waals surface area (Å²) in [5.41, 5.74) is 1.47. The first-order valence-corrected chi connectivity index (χ1v) is 10.2. The number of hydrogen-bond donors (Lipinski definition) is 1.